The van der Waals surface area contributed by atoms with E-state index >= 15 is 0 Å². The van der Waals surface area contributed by atoms with Crippen LogP contribution >= 0.6 is 11.3 Å². The number of nitrogens with one attached hydrogen (secondary N) is 1. The summed E-state index contributed by atoms with van der Waals surface area (Å²) in [5.74, 6) is -0.738. The standard InChI is InChI=1S/C19H16N2O3S/c1-2-24-19(23)14-9-6-10-15(11-14)20-17(22)16-12-25-18(21-16)13-7-4-3-5-8-13/h3-12H,2H2,1H3,(H,20,22). The van der Waals surface area contributed by atoms with Gasteiger partial charge in [0.15, 0.2) is 0 Å². The van der Waals surface area contributed by atoms with E-state index in [2.05, 4.69) is 10.3 Å². The van der Waals surface area contributed by atoms with E-state index in [9.17, 15) is 9.59 Å². The van der Waals surface area contributed by atoms with Crippen LogP contribution in [-0.2, 0) is 4.74 Å². The molecule has 126 valence electrons. The summed E-state index contributed by atoms with van der Waals surface area (Å²) >= 11 is 1.41. The second-order valence-corrected chi connectivity index (χ2v) is 6.02. The molecule has 1 heterocycles. The SMILES string of the molecule is CCOC(=O)c1cccc(NC(=O)c2csc(-c3ccccc3)n2)c1. The van der Waals surface area contributed by atoms with Crippen molar-refractivity contribution in [1.29, 1.82) is 0 Å². The molecule has 3 rings (SSSR count). The van der Waals surface area contributed by atoms with Gasteiger partial charge in [0, 0.05) is 16.6 Å². The highest BCUT2D eigenvalue weighted by molar-refractivity contribution is 7.13. The van der Waals surface area contributed by atoms with Crippen molar-refractivity contribution in [1.82, 2.24) is 4.98 Å². The number of hydrogen-bond acceptors (Lipinski definition) is 5. The highest BCUT2D eigenvalue weighted by atomic mass is 32.1. The molecule has 0 bridgehead atoms. The molecule has 6 heteroatoms. The molecule has 3 aromatic rings. The van der Waals surface area contributed by atoms with E-state index in [1.807, 2.05) is 30.3 Å². The summed E-state index contributed by atoms with van der Waals surface area (Å²) in [7, 11) is 0. The number of thiazole rings is 1. The Morgan fingerprint density at radius 3 is 2.68 bits per heavy atom. The van der Waals surface area contributed by atoms with Gasteiger partial charge in [-0.15, -0.1) is 11.3 Å². The van der Waals surface area contributed by atoms with Gasteiger partial charge in [-0.1, -0.05) is 36.4 Å². The molecule has 0 spiro atoms. The smallest absolute Gasteiger partial charge is 0.338 e. The lowest BCUT2D eigenvalue weighted by molar-refractivity contribution is 0.0526. The summed E-state index contributed by atoms with van der Waals surface area (Å²) in [6.07, 6.45) is 0. The number of esters is 1. The Morgan fingerprint density at radius 1 is 1.12 bits per heavy atom. The van der Waals surface area contributed by atoms with Gasteiger partial charge in [-0.3, -0.25) is 4.79 Å². The van der Waals surface area contributed by atoms with E-state index in [-0.39, 0.29) is 5.91 Å². The Kier molecular flexibility index (Phi) is 5.20. The average molecular weight is 352 g/mol. The quantitative estimate of drug-likeness (QED) is 0.698. The van der Waals surface area contributed by atoms with Crippen LogP contribution in [0.15, 0.2) is 60.0 Å². The molecule has 0 saturated carbocycles. The number of nitrogens with zero attached hydrogens (tertiary/aromatic N) is 1. The Bertz CT molecular complexity index is 890. The second-order valence-electron chi connectivity index (χ2n) is 5.16. The second kappa shape index (κ2) is 7.72. The van der Waals surface area contributed by atoms with Crippen molar-refractivity contribution in [3.63, 3.8) is 0 Å². The number of carbonyl (C=O) groups is 2. The molecule has 0 radical (unpaired) electrons. The molecule has 1 amide bonds. The first-order chi connectivity index (χ1) is 12.2. The molecule has 0 saturated heterocycles. The first-order valence-electron chi connectivity index (χ1n) is 7.77. The number of rotatable bonds is 5. The molecule has 1 aromatic heterocycles. The van der Waals surface area contributed by atoms with E-state index in [1.54, 1.807) is 36.6 Å². The maximum atomic E-state index is 12.4. The molecule has 1 N–H and O–H groups in total. The topological polar surface area (TPSA) is 68.3 Å². The van der Waals surface area contributed by atoms with E-state index in [0.29, 0.717) is 23.6 Å². The lowest BCUT2D eigenvalue weighted by Crippen LogP contribution is -2.13. The van der Waals surface area contributed by atoms with Gasteiger partial charge >= 0.3 is 5.97 Å². The number of aromatic nitrogens is 1. The minimum absolute atomic E-state index is 0.302. The van der Waals surface area contributed by atoms with Gasteiger partial charge in [-0.25, -0.2) is 9.78 Å². The van der Waals surface area contributed by atoms with Crippen molar-refractivity contribution >= 4 is 28.9 Å². The van der Waals surface area contributed by atoms with Crippen LogP contribution < -0.4 is 5.32 Å². The van der Waals surface area contributed by atoms with Gasteiger partial charge in [-0.05, 0) is 25.1 Å². The minimum Gasteiger partial charge on any atom is -0.462 e. The fraction of sp³-hybridized carbons (Fsp3) is 0.105. The first-order valence-corrected chi connectivity index (χ1v) is 8.65. The van der Waals surface area contributed by atoms with Gasteiger partial charge in [0.2, 0.25) is 0 Å². The summed E-state index contributed by atoms with van der Waals surface area (Å²) in [4.78, 5) is 28.5. The number of amides is 1. The van der Waals surface area contributed by atoms with Crippen LogP contribution in [0.5, 0.6) is 0 Å². The number of anilines is 1. The fourth-order valence-electron chi connectivity index (χ4n) is 2.22. The molecule has 2 aromatic carbocycles. The van der Waals surface area contributed by atoms with Gasteiger partial charge in [0.1, 0.15) is 10.7 Å². The third-order valence-electron chi connectivity index (χ3n) is 3.39. The zero-order valence-corrected chi connectivity index (χ0v) is 14.4. The van der Waals surface area contributed by atoms with Crippen molar-refractivity contribution in [2.24, 2.45) is 0 Å². The Labute approximate surface area is 149 Å². The van der Waals surface area contributed by atoms with E-state index < -0.39 is 5.97 Å². The summed E-state index contributed by atoms with van der Waals surface area (Å²) in [5, 5.41) is 5.26. The average Bonchev–Trinajstić information content (AvgIpc) is 3.13. The lowest BCUT2D eigenvalue weighted by Gasteiger charge is -2.06. The summed E-state index contributed by atoms with van der Waals surface area (Å²) < 4.78 is 4.96. The molecule has 0 unspecified atom stereocenters. The monoisotopic (exact) mass is 352 g/mol. The van der Waals surface area contributed by atoms with Crippen molar-refractivity contribution in [2.45, 2.75) is 6.92 Å². The van der Waals surface area contributed by atoms with Crippen LogP contribution in [0.3, 0.4) is 0 Å². The molecule has 0 aliphatic heterocycles. The van der Waals surface area contributed by atoms with Crippen LogP contribution in [-0.4, -0.2) is 23.5 Å². The largest absolute Gasteiger partial charge is 0.462 e. The van der Waals surface area contributed by atoms with Gasteiger partial charge in [0.05, 0.1) is 12.2 Å². The number of benzene rings is 2. The summed E-state index contributed by atoms with van der Waals surface area (Å²) in [5.41, 5.74) is 2.22. The van der Waals surface area contributed by atoms with Gasteiger partial charge < -0.3 is 10.1 Å². The fourth-order valence-corrected chi connectivity index (χ4v) is 3.03. The molecule has 0 atom stereocenters. The van der Waals surface area contributed by atoms with Gasteiger partial charge in [0.25, 0.3) is 5.91 Å². The maximum Gasteiger partial charge on any atom is 0.338 e. The van der Waals surface area contributed by atoms with Crippen molar-refractivity contribution in [3.05, 3.63) is 71.2 Å². The van der Waals surface area contributed by atoms with E-state index in [0.717, 1.165) is 10.6 Å². The number of hydrogen-bond donors (Lipinski definition) is 1. The van der Waals surface area contributed by atoms with Crippen molar-refractivity contribution in [3.8, 4) is 10.6 Å². The highest BCUT2D eigenvalue weighted by Gasteiger charge is 2.13. The van der Waals surface area contributed by atoms with Crippen molar-refractivity contribution < 1.29 is 14.3 Å². The molecule has 0 aliphatic rings. The predicted molar refractivity (Wildman–Crippen MR) is 97.9 cm³/mol. The Balaban J connectivity index is 1.74. The zero-order valence-electron chi connectivity index (χ0n) is 13.6. The lowest BCUT2D eigenvalue weighted by atomic mass is 10.2. The van der Waals surface area contributed by atoms with Crippen molar-refractivity contribution in [2.75, 3.05) is 11.9 Å². The summed E-state index contributed by atoms with van der Waals surface area (Å²) in [6.45, 7) is 2.05. The van der Waals surface area contributed by atoms with Gasteiger partial charge in [-0.2, -0.15) is 0 Å². The number of ether oxygens (including phenoxy) is 1. The molecular weight excluding hydrogens is 336 g/mol. The summed E-state index contributed by atoms with van der Waals surface area (Å²) in [6, 6.07) is 16.3. The molecular formula is C19H16N2O3S. The molecule has 5 nitrogen and oxygen atoms in total. The Hall–Kier alpha value is -2.99. The predicted octanol–water partition coefficient (Wildman–Crippen LogP) is 4.24. The third kappa shape index (κ3) is 4.10. The molecule has 25 heavy (non-hydrogen) atoms. The number of carbonyl (C=O) groups excluding carboxylic acids is 2. The van der Waals surface area contributed by atoms with E-state index in [4.69, 9.17) is 4.74 Å². The van der Waals surface area contributed by atoms with Crippen LogP contribution in [0, 0.1) is 0 Å². The van der Waals surface area contributed by atoms with Crippen LogP contribution in [0.25, 0.3) is 10.6 Å². The van der Waals surface area contributed by atoms with Crippen LogP contribution in [0.2, 0.25) is 0 Å². The maximum absolute atomic E-state index is 12.4. The highest BCUT2D eigenvalue weighted by Crippen LogP contribution is 2.23. The van der Waals surface area contributed by atoms with E-state index in [1.165, 1.54) is 11.3 Å². The minimum atomic E-state index is -0.418. The third-order valence-corrected chi connectivity index (χ3v) is 4.28. The normalized spacial score (nSPS) is 10.3. The van der Waals surface area contributed by atoms with Crippen LogP contribution in [0.1, 0.15) is 27.8 Å². The van der Waals surface area contributed by atoms with Crippen LogP contribution in [0.4, 0.5) is 5.69 Å². The molecule has 0 aliphatic carbocycles. The zero-order chi connectivity index (χ0) is 17.6. The first kappa shape index (κ1) is 16.9. The Morgan fingerprint density at radius 2 is 1.92 bits per heavy atom. The molecule has 0 fully saturated rings.